The molecule has 0 aliphatic rings. The number of aryl methyl sites for hydroxylation is 2. The second-order valence-electron chi connectivity index (χ2n) is 7.06. The molecule has 3 aromatic carbocycles. The Labute approximate surface area is 182 Å². The summed E-state index contributed by atoms with van der Waals surface area (Å²) in [7, 11) is -3.67. The van der Waals surface area contributed by atoms with Crippen molar-refractivity contribution >= 4 is 38.8 Å². The van der Waals surface area contributed by atoms with Gasteiger partial charge in [0.15, 0.2) is 5.78 Å². The summed E-state index contributed by atoms with van der Waals surface area (Å²) in [6, 6.07) is 18.7. The Bertz CT molecular complexity index is 1140. The van der Waals surface area contributed by atoms with Crippen molar-refractivity contribution in [2.24, 2.45) is 0 Å². The summed E-state index contributed by atoms with van der Waals surface area (Å²) in [4.78, 5) is 12.6. The summed E-state index contributed by atoms with van der Waals surface area (Å²) in [5.74, 6) is -0.0337. The van der Waals surface area contributed by atoms with Crippen LogP contribution in [0, 0.1) is 13.8 Å². The minimum absolute atomic E-state index is 0.0337. The van der Waals surface area contributed by atoms with Crippen LogP contribution in [-0.4, -0.2) is 20.7 Å². The molecule has 0 amide bonds. The number of hydrogen-bond donors (Lipinski definition) is 2. The van der Waals surface area contributed by atoms with Crippen LogP contribution in [0.4, 0.5) is 11.4 Å². The van der Waals surface area contributed by atoms with Gasteiger partial charge in [0.05, 0.1) is 4.90 Å². The average molecular weight is 443 g/mol. The van der Waals surface area contributed by atoms with E-state index in [1.165, 1.54) is 0 Å². The predicted molar refractivity (Wildman–Crippen MR) is 122 cm³/mol. The molecule has 30 heavy (non-hydrogen) atoms. The van der Waals surface area contributed by atoms with E-state index in [0.29, 0.717) is 29.2 Å². The fourth-order valence-corrected chi connectivity index (χ4v) is 4.06. The number of anilines is 2. The molecule has 0 radical (unpaired) electrons. The van der Waals surface area contributed by atoms with Gasteiger partial charge < -0.3 is 5.32 Å². The van der Waals surface area contributed by atoms with Crippen LogP contribution < -0.4 is 10.0 Å². The quantitative estimate of drug-likeness (QED) is 0.455. The van der Waals surface area contributed by atoms with Gasteiger partial charge in [0.25, 0.3) is 10.0 Å². The molecule has 156 valence electrons. The number of rotatable bonds is 8. The fraction of sp³-hybridized carbons (Fsp3) is 0.174. The molecular formula is C23H23ClN2O3S. The van der Waals surface area contributed by atoms with Crippen LogP contribution >= 0.6 is 11.6 Å². The van der Waals surface area contributed by atoms with Gasteiger partial charge >= 0.3 is 0 Å². The molecule has 7 heteroatoms. The molecule has 0 saturated heterocycles. The first-order chi connectivity index (χ1) is 14.2. The van der Waals surface area contributed by atoms with E-state index in [4.69, 9.17) is 11.6 Å². The molecule has 0 aliphatic carbocycles. The van der Waals surface area contributed by atoms with Crippen LogP contribution in [0.2, 0.25) is 5.02 Å². The fourth-order valence-electron chi connectivity index (χ4n) is 2.82. The highest BCUT2D eigenvalue weighted by atomic mass is 35.5. The van der Waals surface area contributed by atoms with Crippen molar-refractivity contribution in [1.29, 1.82) is 0 Å². The topological polar surface area (TPSA) is 75.3 Å². The van der Waals surface area contributed by atoms with E-state index in [2.05, 4.69) is 10.0 Å². The molecule has 0 spiro atoms. The van der Waals surface area contributed by atoms with Crippen molar-refractivity contribution < 1.29 is 13.2 Å². The van der Waals surface area contributed by atoms with Crippen LogP contribution in [0.3, 0.4) is 0 Å². The second kappa shape index (κ2) is 9.32. The lowest BCUT2D eigenvalue weighted by atomic mass is 10.1. The lowest BCUT2D eigenvalue weighted by Crippen LogP contribution is -2.13. The normalized spacial score (nSPS) is 11.2. The Balaban J connectivity index is 1.57. The Morgan fingerprint density at radius 2 is 1.53 bits per heavy atom. The molecular weight excluding hydrogens is 420 g/mol. The van der Waals surface area contributed by atoms with Crippen molar-refractivity contribution in [3.8, 4) is 0 Å². The summed E-state index contributed by atoms with van der Waals surface area (Å²) >= 11 is 6.10. The van der Waals surface area contributed by atoms with E-state index in [-0.39, 0.29) is 10.7 Å². The Hall–Kier alpha value is -2.83. The van der Waals surface area contributed by atoms with Gasteiger partial charge in [0, 0.05) is 34.9 Å². The number of nitrogens with one attached hydrogen (secondary N) is 2. The maximum absolute atomic E-state index is 12.5. The zero-order chi connectivity index (χ0) is 21.7. The number of benzene rings is 3. The van der Waals surface area contributed by atoms with E-state index < -0.39 is 10.0 Å². The molecule has 2 N–H and O–H groups in total. The number of carbonyl (C=O) groups is 1. The molecule has 0 bridgehead atoms. The number of hydrogen-bond acceptors (Lipinski definition) is 4. The lowest BCUT2D eigenvalue weighted by molar-refractivity contribution is 0.0986. The van der Waals surface area contributed by atoms with Gasteiger partial charge in [0.1, 0.15) is 0 Å². The summed E-state index contributed by atoms with van der Waals surface area (Å²) in [6.07, 6.45) is 0.305. The maximum Gasteiger partial charge on any atom is 0.261 e. The third-order valence-electron chi connectivity index (χ3n) is 4.64. The number of halogens is 1. The first kappa shape index (κ1) is 21.9. The van der Waals surface area contributed by atoms with Crippen molar-refractivity contribution in [3.05, 3.63) is 88.4 Å². The van der Waals surface area contributed by atoms with Crippen molar-refractivity contribution in [2.45, 2.75) is 25.2 Å². The first-order valence-corrected chi connectivity index (χ1v) is 11.3. The molecule has 0 aromatic heterocycles. The smallest absolute Gasteiger partial charge is 0.261 e. The highest BCUT2D eigenvalue weighted by molar-refractivity contribution is 7.92. The van der Waals surface area contributed by atoms with E-state index in [0.717, 1.165) is 16.8 Å². The molecule has 0 heterocycles. The standard InChI is InChI=1S/C23H23ClN2O3S/c1-16-3-11-21(12-4-16)30(28,29)26-19-9-6-18(7-10-19)23(27)13-14-25-20-8-5-17(2)22(24)15-20/h3-12,15,25-26H,13-14H2,1-2H3. The summed E-state index contributed by atoms with van der Waals surface area (Å²) < 4.78 is 27.4. The van der Waals surface area contributed by atoms with Crippen LogP contribution in [0.25, 0.3) is 0 Å². The van der Waals surface area contributed by atoms with Gasteiger partial charge in [-0.2, -0.15) is 0 Å². The number of sulfonamides is 1. The van der Waals surface area contributed by atoms with Gasteiger partial charge in [-0.15, -0.1) is 0 Å². The maximum atomic E-state index is 12.5. The second-order valence-corrected chi connectivity index (χ2v) is 9.15. The van der Waals surface area contributed by atoms with E-state index in [1.807, 2.05) is 32.0 Å². The molecule has 5 nitrogen and oxygen atoms in total. The van der Waals surface area contributed by atoms with E-state index >= 15 is 0 Å². The Kier molecular flexibility index (Phi) is 6.80. The monoisotopic (exact) mass is 442 g/mol. The molecule has 0 saturated carbocycles. The molecule has 0 atom stereocenters. The van der Waals surface area contributed by atoms with E-state index in [1.54, 1.807) is 48.5 Å². The van der Waals surface area contributed by atoms with Crippen molar-refractivity contribution in [3.63, 3.8) is 0 Å². The number of ketones is 1. The molecule has 0 unspecified atom stereocenters. The predicted octanol–water partition coefficient (Wildman–Crippen LogP) is 5.44. The zero-order valence-corrected chi connectivity index (χ0v) is 18.3. The van der Waals surface area contributed by atoms with Crippen LogP contribution in [0.1, 0.15) is 27.9 Å². The van der Waals surface area contributed by atoms with Crippen molar-refractivity contribution in [2.75, 3.05) is 16.6 Å². The van der Waals surface area contributed by atoms with Crippen LogP contribution in [0.15, 0.2) is 71.6 Å². The van der Waals surface area contributed by atoms with Crippen LogP contribution in [-0.2, 0) is 10.0 Å². The van der Waals surface area contributed by atoms with Gasteiger partial charge in [0.2, 0.25) is 0 Å². The van der Waals surface area contributed by atoms with Gasteiger partial charge in [-0.1, -0.05) is 35.4 Å². The van der Waals surface area contributed by atoms with Gasteiger partial charge in [-0.05, 0) is 67.9 Å². The molecule has 3 rings (SSSR count). The molecule has 3 aromatic rings. The Morgan fingerprint density at radius 3 is 2.17 bits per heavy atom. The summed E-state index contributed by atoms with van der Waals surface area (Å²) in [5.41, 5.74) is 3.77. The number of Topliss-reactive ketones (excluding diaryl/α,β-unsaturated/α-hetero) is 1. The third kappa shape index (κ3) is 5.62. The zero-order valence-electron chi connectivity index (χ0n) is 16.8. The highest BCUT2D eigenvalue weighted by Gasteiger charge is 2.14. The molecule has 0 aliphatic heterocycles. The van der Waals surface area contributed by atoms with Gasteiger partial charge in [-0.3, -0.25) is 9.52 Å². The highest BCUT2D eigenvalue weighted by Crippen LogP contribution is 2.20. The third-order valence-corrected chi connectivity index (χ3v) is 6.45. The van der Waals surface area contributed by atoms with Crippen LogP contribution in [0.5, 0.6) is 0 Å². The number of carbonyl (C=O) groups excluding carboxylic acids is 1. The molecule has 0 fully saturated rings. The largest absolute Gasteiger partial charge is 0.385 e. The average Bonchev–Trinajstić information content (AvgIpc) is 2.71. The minimum atomic E-state index is -3.67. The minimum Gasteiger partial charge on any atom is -0.385 e. The summed E-state index contributed by atoms with van der Waals surface area (Å²) in [5, 5.41) is 3.86. The SMILES string of the molecule is Cc1ccc(S(=O)(=O)Nc2ccc(C(=O)CCNc3ccc(C)c(Cl)c3)cc2)cc1. The Morgan fingerprint density at radius 1 is 0.900 bits per heavy atom. The summed E-state index contributed by atoms with van der Waals surface area (Å²) in [6.45, 7) is 4.30. The van der Waals surface area contributed by atoms with Gasteiger partial charge in [-0.25, -0.2) is 8.42 Å². The lowest BCUT2D eigenvalue weighted by Gasteiger charge is -2.10. The van der Waals surface area contributed by atoms with E-state index in [9.17, 15) is 13.2 Å². The first-order valence-electron chi connectivity index (χ1n) is 9.47. The van der Waals surface area contributed by atoms with Crippen molar-refractivity contribution in [1.82, 2.24) is 0 Å².